The van der Waals surface area contributed by atoms with Gasteiger partial charge in [-0.3, -0.25) is 4.98 Å². The number of nitrogens with zero attached hydrogens (tertiary/aromatic N) is 1. The zero-order valence-electron chi connectivity index (χ0n) is 16.3. The van der Waals surface area contributed by atoms with Gasteiger partial charge in [-0.25, -0.2) is 0 Å². The molecule has 0 saturated heterocycles. The van der Waals surface area contributed by atoms with Gasteiger partial charge in [-0.2, -0.15) is 0 Å². The molecule has 1 atom stereocenters. The number of nitrogens with one attached hydrogen (secondary N) is 1. The molecule has 0 saturated carbocycles. The molecule has 1 aromatic heterocycles. The van der Waals surface area contributed by atoms with Crippen molar-refractivity contribution in [1.82, 2.24) is 4.98 Å². The standard InChI is InChI=1S/C27H22N2/c1-19(20-9-3-2-4-10-20)29-25-16-15-21-11-5-7-13-23(21)26(25)27-24-14-8-6-12-22(24)17-18-28-27/h2-19,29H,1H3/t19-/m0/s1. The van der Waals surface area contributed by atoms with Crippen molar-refractivity contribution >= 4 is 27.2 Å². The number of fused-ring (bicyclic) bond motifs is 2. The SMILES string of the molecule is C[C@H](Nc1ccc2ccccc2c1-c1nccc2ccccc12)c1ccccc1. The van der Waals surface area contributed by atoms with Crippen LogP contribution in [0.5, 0.6) is 0 Å². The van der Waals surface area contributed by atoms with Crippen LogP contribution in [0, 0.1) is 0 Å². The van der Waals surface area contributed by atoms with E-state index in [0.717, 1.165) is 16.9 Å². The molecule has 5 rings (SSSR count). The van der Waals surface area contributed by atoms with Gasteiger partial charge in [0, 0.05) is 28.9 Å². The first-order valence-electron chi connectivity index (χ1n) is 9.98. The van der Waals surface area contributed by atoms with E-state index in [2.05, 4.69) is 109 Å². The second-order valence-electron chi connectivity index (χ2n) is 7.37. The Morgan fingerprint density at radius 3 is 2.10 bits per heavy atom. The number of aromatic nitrogens is 1. The van der Waals surface area contributed by atoms with E-state index in [4.69, 9.17) is 4.98 Å². The Morgan fingerprint density at radius 2 is 1.31 bits per heavy atom. The van der Waals surface area contributed by atoms with Crippen LogP contribution in [-0.4, -0.2) is 4.98 Å². The van der Waals surface area contributed by atoms with Crippen LogP contribution in [0.1, 0.15) is 18.5 Å². The normalized spacial score (nSPS) is 12.2. The van der Waals surface area contributed by atoms with Crippen molar-refractivity contribution in [2.45, 2.75) is 13.0 Å². The first-order chi connectivity index (χ1) is 14.3. The lowest BCUT2D eigenvalue weighted by molar-refractivity contribution is 0.885. The summed E-state index contributed by atoms with van der Waals surface area (Å²) in [5.74, 6) is 0. The maximum absolute atomic E-state index is 4.83. The highest BCUT2D eigenvalue weighted by atomic mass is 14.9. The summed E-state index contributed by atoms with van der Waals surface area (Å²) >= 11 is 0. The Bertz CT molecular complexity index is 1290. The summed E-state index contributed by atoms with van der Waals surface area (Å²) in [5, 5.41) is 8.54. The summed E-state index contributed by atoms with van der Waals surface area (Å²) in [6.07, 6.45) is 1.91. The van der Waals surface area contributed by atoms with Crippen LogP contribution < -0.4 is 5.32 Å². The molecule has 0 radical (unpaired) electrons. The first-order valence-corrected chi connectivity index (χ1v) is 9.98. The topological polar surface area (TPSA) is 24.9 Å². The zero-order chi connectivity index (χ0) is 19.6. The molecule has 0 fully saturated rings. The smallest absolute Gasteiger partial charge is 0.0807 e. The highest BCUT2D eigenvalue weighted by molar-refractivity contribution is 6.08. The van der Waals surface area contributed by atoms with Crippen molar-refractivity contribution in [2.24, 2.45) is 0 Å². The Balaban J connectivity index is 1.73. The van der Waals surface area contributed by atoms with Gasteiger partial charge in [0.25, 0.3) is 0 Å². The van der Waals surface area contributed by atoms with Crippen molar-refractivity contribution in [3.63, 3.8) is 0 Å². The van der Waals surface area contributed by atoms with E-state index >= 15 is 0 Å². The Labute approximate surface area is 170 Å². The number of pyridine rings is 1. The first kappa shape index (κ1) is 17.4. The van der Waals surface area contributed by atoms with Gasteiger partial charge in [-0.1, -0.05) is 84.9 Å². The van der Waals surface area contributed by atoms with Gasteiger partial charge >= 0.3 is 0 Å². The van der Waals surface area contributed by atoms with E-state index in [1.807, 2.05) is 6.20 Å². The molecule has 140 valence electrons. The highest BCUT2D eigenvalue weighted by Crippen LogP contribution is 2.39. The molecule has 1 N–H and O–H groups in total. The number of hydrogen-bond acceptors (Lipinski definition) is 2. The monoisotopic (exact) mass is 374 g/mol. The van der Waals surface area contributed by atoms with Gasteiger partial charge in [0.2, 0.25) is 0 Å². The third-order valence-corrected chi connectivity index (χ3v) is 5.51. The average molecular weight is 374 g/mol. The van der Waals surface area contributed by atoms with Crippen LogP contribution >= 0.6 is 0 Å². The molecule has 0 aliphatic heterocycles. The zero-order valence-corrected chi connectivity index (χ0v) is 16.3. The van der Waals surface area contributed by atoms with E-state index < -0.39 is 0 Å². The van der Waals surface area contributed by atoms with Crippen molar-refractivity contribution in [1.29, 1.82) is 0 Å². The average Bonchev–Trinajstić information content (AvgIpc) is 2.79. The van der Waals surface area contributed by atoms with Crippen molar-refractivity contribution < 1.29 is 0 Å². The van der Waals surface area contributed by atoms with Crippen LogP contribution in [0.15, 0.2) is 103 Å². The molecule has 5 aromatic rings. The number of hydrogen-bond donors (Lipinski definition) is 1. The van der Waals surface area contributed by atoms with Crippen LogP contribution in [-0.2, 0) is 0 Å². The molecule has 0 aliphatic carbocycles. The number of rotatable bonds is 4. The van der Waals surface area contributed by atoms with Crippen molar-refractivity contribution in [2.75, 3.05) is 5.32 Å². The minimum Gasteiger partial charge on any atom is -0.378 e. The van der Waals surface area contributed by atoms with E-state index in [9.17, 15) is 0 Å². The Hall–Kier alpha value is -3.65. The predicted octanol–water partition coefficient (Wildman–Crippen LogP) is 7.23. The van der Waals surface area contributed by atoms with Crippen LogP contribution in [0.2, 0.25) is 0 Å². The van der Waals surface area contributed by atoms with Crippen LogP contribution in [0.4, 0.5) is 5.69 Å². The fourth-order valence-corrected chi connectivity index (χ4v) is 4.02. The summed E-state index contributed by atoms with van der Waals surface area (Å²) in [7, 11) is 0. The van der Waals surface area contributed by atoms with E-state index in [1.54, 1.807) is 0 Å². The van der Waals surface area contributed by atoms with Crippen LogP contribution in [0.25, 0.3) is 32.8 Å². The van der Waals surface area contributed by atoms with Gasteiger partial charge in [0.05, 0.1) is 5.69 Å². The lowest BCUT2D eigenvalue weighted by Crippen LogP contribution is -2.08. The minimum absolute atomic E-state index is 0.186. The number of anilines is 1. The van der Waals surface area contributed by atoms with Crippen molar-refractivity contribution in [3.8, 4) is 11.3 Å². The van der Waals surface area contributed by atoms with Gasteiger partial charge < -0.3 is 5.32 Å². The van der Waals surface area contributed by atoms with Gasteiger partial charge in [0.15, 0.2) is 0 Å². The van der Waals surface area contributed by atoms with Crippen LogP contribution in [0.3, 0.4) is 0 Å². The molecule has 1 heterocycles. The quantitative estimate of drug-likeness (QED) is 0.359. The van der Waals surface area contributed by atoms with Gasteiger partial charge in [0.1, 0.15) is 0 Å². The fraction of sp³-hybridized carbons (Fsp3) is 0.0741. The Morgan fingerprint density at radius 1 is 0.655 bits per heavy atom. The maximum atomic E-state index is 4.83. The summed E-state index contributed by atoms with van der Waals surface area (Å²) in [5.41, 5.74) is 4.53. The molecule has 0 amide bonds. The van der Waals surface area contributed by atoms with E-state index in [1.165, 1.54) is 27.1 Å². The molecule has 4 aromatic carbocycles. The molecule has 0 aliphatic rings. The summed E-state index contributed by atoms with van der Waals surface area (Å²) in [6, 6.07) is 34.2. The minimum atomic E-state index is 0.186. The molecule has 2 heteroatoms. The van der Waals surface area contributed by atoms with E-state index in [0.29, 0.717) is 0 Å². The lowest BCUT2D eigenvalue weighted by Gasteiger charge is -2.20. The molecular formula is C27H22N2. The summed E-state index contributed by atoms with van der Waals surface area (Å²) in [6.45, 7) is 2.20. The highest BCUT2D eigenvalue weighted by Gasteiger charge is 2.16. The molecule has 0 spiro atoms. The molecule has 2 nitrogen and oxygen atoms in total. The largest absolute Gasteiger partial charge is 0.378 e. The van der Waals surface area contributed by atoms with E-state index in [-0.39, 0.29) is 6.04 Å². The lowest BCUT2D eigenvalue weighted by atomic mass is 9.95. The third kappa shape index (κ3) is 3.23. The van der Waals surface area contributed by atoms with Gasteiger partial charge in [-0.15, -0.1) is 0 Å². The third-order valence-electron chi connectivity index (χ3n) is 5.51. The second-order valence-corrected chi connectivity index (χ2v) is 7.37. The number of benzene rings is 4. The fourth-order valence-electron chi connectivity index (χ4n) is 4.02. The Kier molecular flexibility index (Phi) is 4.45. The molecule has 0 bridgehead atoms. The molecule has 0 unspecified atom stereocenters. The second kappa shape index (κ2) is 7.40. The summed E-state index contributed by atoms with van der Waals surface area (Å²) < 4.78 is 0. The van der Waals surface area contributed by atoms with Crippen molar-refractivity contribution in [3.05, 3.63) is 109 Å². The molecule has 29 heavy (non-hydrogen) atoms. The summed E-state index contributed by atoms with van der Waals surface area (Å²) in [4.78, 5) is 4.83. The van der Waals surface area contributed by atoms with Gasteiger partial charge in [-0.05, 0) is 40.8 Å². The predicted molar refractivity (Wildman–Crippen MR) is 123 cm³/mol. The molecular weight excluding hydrogens is 352 g/mol. The maximum Gasteiger partial charge on any atom is 0.0807 e.